The van der Waals surface area contributed by atoms with Gasteiger partial charge in [0.05, 0.1) is 23.1 Å². The van der Waals surface area contributed by atoms with Crippen molar-refractivity contribution in [3.63, 3.8) is 0 Å². The lowest BCUT2D eigenvalue weighted by Gasteiger charge is -2.17. The van der Waals surface area contributed by atoms with E-state index in [4.69, 9.17) is 14.2 Å². The second-order valence-electron chi connectivity index (χ2n) is 7.39. The van der Waals surface area contributed by atoms with Crippen LogP contribution in [0.1, 0.15) is 23.6 Å². The Hall–Kier alpha value is -3.22. The number of likely N-dealkylation sites (tertiary alicyclic amines) is 1. The van der Waals surface area contributed by atoms with Crippen molar-refractivity contribution in [3.05, 3.63) is 59.9 Å². The summed E-state index contributed by atoms with van der Waals surface area (Å²) in [5, 5.41) is 4.02. The first-order valence-electron chi connectivity index (χ1n) is 9.80. The van der Waals surface area contributed by atoms with Crippen molar-refractivity contribution in [2.45, 2.75) is 26.7 Å². The van der Waals surface area contributed by atoms with Crippen molar-refractivity contribution in [1.29, 1.82) is 0 Å². The minimum Gasteiger partial charge on any atom is -0.482 e. The molecule has 0 saturated carbocycles. The molecule has 150 valence electrons. The summed E-state index contributed by atoms with van der Waals surface area (Å²) in [5.74, 6) is 1.79. The number of carbonyl (C=O) groups is 1. The molecule has 1 atom stereocenters. The van der Waals surface area contributed by atoms with Crippen molar-refractivity contribution >= 4 is 5.91 Å². The van der Waals surface area contributed by atoms with Gasteiger partial charge in [0.2, 0.25) is 0 Å². The molecule has 4 heterocycles. The molecule has 0 N–H and O–H groups in total. The van der Waals surface area contributed by atoms with Gasteiger partial charge in [-0.1, -0.05) is 11.2 Å². The molecule has 1 fully saturated rings. The van der Waals surface area contributed by atoms with Gasteiger partial charge in [-0.25, -0.2) is 0 Å². The molecular formula is C22H24N4O3. The number of ether oxygens (including phenoxy) is 1. The molecule has 7 heteroatoms. The smallest absolute Gasteiger partial charge is 0.260 e. The fraction of sp³-hybridized carbons (Fsp3) is 0.364. The van der Waals surface area contributed by atoms with E-state index in [1.807, 2.05) is 36.9 Å². The molecule has 1 aliphatic heterocycles. The van der Waals surface area contributed by atoms with Crippen LogP contribution in [-0.2, 0) is 11.2 Å². The van der Waals surface area contributed by atoms with E-state index < -0.39 is 0 Å². The highest BCUT2D eigenvalue weighted by Crippen LogP contribution is 2.26. The zero-order chi connectivity index (χ0) is 20.2. The molecule has 1 aliphatic rings. The number of amides is 1. The molecule has 7 nitrogen and oxygen atoms in total. The predicted octanol–water partition coefficient (Wildman–Crippen LogP) is 3.22. The summed E-state index contributed by atoms with van der Waals surface area (Å²) < 4.78 is 10.8. The molecule has 1 saturated heterocycles. The van der Waals surface area contributed by atoms with Crippen LogP contribution in [0.4, 0.5) is 0 Å². The van der Waals surface area contributed by atoms with Crippen LogP contribution < -0.4 is 4.74 Å². The fourth-order valence-electron chi connectivity index (χ4n) is 3.77. The molecule has 0 bridgehead atoms. The highest BCUT2D eigenvalue weighted by atomic mass is 16.5. The van der Waals surface area contributed by atoms with Crippen molar-refractivity contribution in [3.8, 4) is 17.0 Å². The van der Waals surface area contributed by atoms with Gasteiger partial charge in [0, 0.05) is 25.0 Å². The molecule has 4 rings (SSSR count). The topological polar surface area (TPSA) is 81.4 Å². The second kappa shape index (κ2) is 8.43. The van der Waals surface area contributed by atoms with Crippen LogP contribution in [0.3, 0.4) is 0 Å². The normalized spacial score (nSPS) is 16.2. The van der Waals surface area contributed by atoms with Gasteiger partial charge in [0.1, 0.15) is 11.5 Å². The van der Waals surface area contributed by atoms with Crippen molar-refractivity contribution in [2.75, 3.05) is 19.7 Å². The largest absolute Gasteiger partial charge is 0.482 e. The van der Waals surface area contributed by atoms with E-state index in [2.05, 4.69) is 10.1 Å². The van der Waals surface area contributed by atoms with Gasteiger partial charge in [-0.15, -0.1) is 0 Å². The number of carbonyl (C=O) groups excluding carboxylic acids is 1. The van der Waals surface area contributed by atoms with E-state index in [0.29, 0.717) is 11.7 Å². The third kappa shape index (κ3) is 4.45. The van der Waals surface area contributed by atoms with Crippen LogP contribution in [0.5, 0.6) is 5.75 Å². The summed E-state index contributed by atoms with van der Waals surface area (Å²) in [4.78, 5) is 23.1. The Morgan fingerprint density at radius 1 is 1.28 bits per heavy atom. The van der Waals surface area contributed by atoms with E-state index in [9.17, 15) is 4.79 Å². The molecule has 3 aromatic rings. The Morgan fingerprint density at radius 2 is 2.17 bits per heavy atom. The molecule has 29 heavy (non-hydrogen) atoms. The number of rotatable bonds is 6. The van der Waals surface area contributed by atoms with Gasteiger partial charge < -0.3 is 14.2 Å². The van der Waals surface area contributed by atoms with E-state index >= 15 is 0 Å². The Kier molecular flexibility index (Phi) is 5.55. The number of hydrogen-bond donors (Lipinski definition) is 0. The molecule has 1 amide bonds. The first-order valence-corrected chi connectivity index (χ1v) is 9.80. The van der Waals surface area contributed by atoms with E-state index in [1.54, 1.807) is 24.5 Å². The van der Waals surface area contributed by atoms with Gasteiger partial charge in [-0.05, 0) is 56.9 Å². The van der Waals surface area contributed by atoms with Crippen molar-refractivity contribution in [1.82, 2.24) is 20.0 Å². The van der Waals surface area contributed by atoms with Crippen LogP contribution in [0.25, 0.3) is 11.3 Å². The monoisotopic (exact) mass is 392 g/mol. The van der Waals surface area contributed by atoms with Crippen LogP contribution in [0, 0.1) is 19.8 Å². The molecule has 0 radical (unpaired) electrons. The first-order chi connectivity index (χ1) is 14.1. The van der Waals surface area contributed by atoms with Crippen molar-refractivity contribution < 1.29 is 14.1 Å². The summed E-state index contributed by atoms with van der Waals surface area (Å²) in [7, 11) is 0. The van der Waals surface area contributed by atoms with Gasteiger partial charge in [0.15, 0.2) is 6.61 Å². The maximum atomic E-state index is 12.4. The molecular weight excluding hydrogens is 368 g/mol. The zero-order valence-corrected chi connectivity index (χ0v) is 16.7. The van der Waals surface area contributed by atoms with Gasteiger partial charge in [-0.2, -0.15) is 0 Å². The van der Waals surface area contributed by atoms with Gasteiger partial charge in [0.25, 0.3) is 5.91 Å². The molecule has 0 unspecified atom stereocenters. The maximum absolute atomic E-state index is 12.4. The van der Waals surface area contributed by atoms with Crippen LogP contribution >= 0.6 is 0 Å². The van der Waals surface area contributed by atoms with E-state index in [0.717, 1.165) is 54.3 Å². The van der Waals surface area contributed by atoms with E-state index in [1.165, 1.54) is 0 Å². The average Bonchev–Trinajstić information content (AvgIpc) is 3.33. The molecule has 0 aliphatic carbocycles. The number of aryl methyl sites for hydroxylation is 2. The number of hydrogen-bond acceptors (Lipinski definition) is 6. The Labute approximate surface area is 169 Å². The third-order valence-electron chi connectivity index (χ3n) is 5.23. The second-order valence-corrected chi connectivity index (χ2v) is 7.39. The summed E-state index contributed by atoms with van der Waals surface area (Å²) in [6, 6.07) is 9.62. The molecule has 0 aromatic carbocycles. The van der Waals surface area contributed by atoms with Gasteiger partial charge >= 0.3 is 0 Å². The Balaban J connectivity index is 1.34. The summed E-state index contributed by atoms with van der Waals surface area (Å²) >= 11 is 0. The SMILES string of the molecule is Cc1noc(C)c1-c1cccc(C[C@H]2CCN(C(=O)COc3cccnc3)C2)n1. The quantitative estimate of drug-likeness (QED) is 0.641. The third-order valence-corrected chi connectivity index (χ3v) is 5.23. The molecule has 0 spiro atoms. The zero-order valence-electron chi connectivity index (χ0n) is 16.7. The van der Waals surface area contributed by atoms with Crippen molar-refractivity contribution in [2.24, 2.45) is 5.92 Å². The Morgan fingerprint density at radius 3 is 2.93 bits per heavy atom. The highest BCUT2D eigenvalue weighted by Gasteiger charge is 2.27. The lowest BCUT2D eigenvalue weighted by molar-refractivity contribution is -0.132. The fourth-order valence-corrected chi connectivity index (χ4v) is 3.77. The number of pyridine rings is 2. The van der Waals surface area contributed by atoms with Crippen LogP contribution in [-0.4, -0.2) is 45.6 Å². The number of aromatic nitrogens is 3. The minimum atomic E-state index is 0.00813. The lowest BCUT2D eigenvalue weighted by atomic mass is 10.0. The molecule has 3 aromatic heterocycles. The maximum Gasteiger partial charge on any atom is 0.260 e. The average molecular weight is 392 g/mol. The summed E-state index contributed by atoms with van der Waals surface area (Å²) in [6.45, 7) is 5.35. The van der Waals surface area contributed by atoms with Crippen LogP contribution in [0.2, 0.25) is 0 Å². The summed E-state index contributed by atoms with van der Waals surface area (Å²) in [5.41, 5.74) is 3.71. The first kappa shape index (κ1) is 19.1. The van der Waals surface area contributed by atoms with E-state index in [-0.39, 0.29) is 12.5 Å². The summed E-state index contributed by atoms with van der Waals surface area (Å²) in [6.07, 6.45) is 5.09. The Bertz CT molecular complexity index is 967. The number of nitrogens with zero attached hydrogens (tertiary/aromatic N) is 4. The highest BCUT2D eigenvalue weighted by molar-refractivity contribution is 5.78. The minimum absolute atomic E-state index is 0.00813. The predicted molar refractivity (Wildman–Crippen MR) is 107 cm³/mol. The standard InChI is InChI=1S/C22H24N4O3/c1-15-22(16(2)29-25-15)20-7-3-5-18(24-20)11-17-8-10-26(13-17)21(27)14-28-19-6-4-9-23-12-19/h3-7,9,12,17H,8,10-11,13-14H2,1-2H3/t17-/m1/s1. The van der Waals surface area contributed by atoms with Gasteiger partial charge in [-0.3, -0.25) is 14.8 Å². The van der Waals surface area contributed by atoms with Crippen LogP contribution in [0.15, 0.2) is 47.2 Å². The lowest BCUT2D eigenvalue weighted by Crippen LogP contribution is -2.33.